The van der Waals surface area contributed by atoms with Crippen LogP contribution in [0.2, 0.25) is 5.02 Å². The lowest BCUT2D eigenvalue weighted by molar-refractivity contribution is -0.384. The highest BCUT2D eigenvalue weighted by molar-refractivity contribution is 7.20. The van der Waals surface area contributed by atoms with Crippen LogP contribution in [0.3, 0.4) is 0 Å². The molecule has 0 saturated carbocycles. The molecular weight excluding hydrogens is 486 g/mol. The van der Waals surface area contributed by atoms with Crippen molar-refractivity contribution in [2.24, 2.45) is 0 Å². The number of benzene rings is 1. The maximum Gasteiger partial charge on any atom is 0.348 e. The summed E-state index contributed by atoms with van der Waals surface area (Å²) in [5.41, 5.74) is 1.11. The zero-order valence-corrected chi connectivity index (χ0v) is 19.2. The van der Waals surface area contributed by atoms with Crippen LogP contribution in [0.5, 0.6) is 5.75 Å². The van der Waals surface area contributed by atoms with Crippen molar-refractivity contribution in [2.45, 2.75) is 13.5 Å². The number of methoxy groups -OCH3 is 1. The number of carbonyl (C=O) groups is 1. The van der Waals surface area contributed by atoms with Gasteiger partial charge in [-0.15, -0.1) is 16.4 Å². The molecule has 0 N–H and O–H groups in total. The summed E-state index contributed by atoms with van der Waals surface area (Å²) in [7, 11) is 1.33. The van der Waals surface area contributed by atoms with Crippen LogP contribution in [0, 0.1) is 17.0 Å². The summed E-state index contributed by atoms with van der Waals surface area (Å²) in [4.78, 5) is 32.6. The Morgan fingerprint density at radius 3 is 2.91 bits per heavy atom. The number of rotatable bonds is 6. The van der Waals surface area contributed by atoms with Gasteiger partial charge in [0.05, 0.1) is 28.5 Å². The van der Waals surface area contributed by atoms with Gasteiger partial charge >= 0.3 is 5.97 Å². The lowest BCUT2D eigenvalue weighted by Gasteiger charge is -2.06. The minimum atomic E-state index is -0.529. The lowest BCUT2D eigenvalue weighted by Crippen LogP contribution is -1.99. The quantitative estimate of drug-likeness (QED) is 0.183. The number of furan rings is 1. The van der Waals surface area contributed by atoms with Gasteiger partial charge in [-0.25, -0.2) is 19.3 Å². The van der Waals surface area contributed by atoms with E-state index in [4.69, 9.17) is 25.5 Å². The van der Waals surface area contributed by atoms with E-state index in [9.17, 15) is 14.9 Å². The molecule has 0 aliphatic heterocycles. The molecule has 0 unspecified atom stereocenters. The number of non-ortho nitro benzene ring substituents is 1. The first-order valence-corrected chi connectivity index (χ1v) is 10.9. The van der Waals surface area contributed by atoms with E-state index in [-0.39, 0.29) is 23.1 Å². The van der Waals surface area contributed by atoms with E-state index in [2.05, 4.69) is 15.1 Å². The molecule has 172 valence electrons. The van der Waals surface area contributed by atoms with Gasteiger partial charge in [0.1, 0.15) is 34.2 Å². The third-order valence-corrected chi connectivity index (χ3v) is 6.51. The minimum Gasteiger partial charge on any atom is -0.484 e. The largest absolute Gasteiger partial charge is 0.484 e. The third kappa shape index (κ3) is 3.72. The van der Waals surface area contributed by atoms with Crippen LogP contribution in [0.25, 0.3) is 27.4 Å². The van der Waals surface area contributed by atoms with E-state index in [1.54, 1.807) is 12.1 Å². The Morgan fingerprint density at radius 1 is 1.32 bits per heavy atom. The van der Waals surface area contributed by atoms with Crippen molar-refractivity contribution in [1.82, 2.24) is 19.6 Å². The summed E-state index contributed by atoms with van der Waals surface area (Å²) in [5.74, 6) is 0.889. The highest BCUT2D eigenvalue weighted by Crippen LogP contribution is 2.33. The first kappa shape index (κ1) is 21.8. The molecule has 13 heteroatoms. The molecule has 1 aromatic carbocycles. The molecule has 0 bridgehead atoms. The van der Waals surface area contributed by atoms with E-state index in [0.29, 0.717) is 43.6 Å². The van der Waals surface area contributed by atoms with Crippen molar-refractivity contribution in [3.05, 3.63) is 68.0 Å². The number of aryl methyl sites for hydroxylation is 1. The Balaban J connectivity index is 1.43. The summed E-state index contributed by atoms with van der Waals surface area (Å²) in [6.45, 7) is 1.80. The number of carbonyl (C=O) groups excluding carboxylic acids is 1. The molecule has 0 spiro atoms. The fourth-order valence-electron chi connectivity index (χ4n) is 3.37. The Bertz CT molecular complexity index is 1590. The van der Waals surface area contributed by atoms with Crippen molar-refractivity contribution in [1.29, 1.82) is 0 Å². The van der Waals surface area contributed by atoms with Crippen LogP contribution in [0.15, 0.2) is 41.1 Å². The normalized spacial score (nSPS) is 11.3. The fraction of sp³-hybridized carbons (Fsp3) is 0.143. The van der Waals surface area contributed by atoms with Gasteiger partial charge in [-0.05, 0) is 30.7 Å². The smallest absolute Gasteiger partial charge is 0.348 e. The molecular formula is C21H14ClN5O6S. The highest BCUT2D eigenvalue weighted by atomic mass is 35.5. The van der Waals surface area contributed by atoms with Gasteiger partial charge in [-0.1, -0.05) is 11.6 Å². The molecule has 5 rings (SSSR count). The average molecular weight is 500 g/mol. The van der Waals surface area contributed by atoms with Crippen molar-refractivity contribution < 1.29 is 23.6 Å². The summed E-state index contributed by atoms with van der Waals surface area (Å²) >= 11 is 7.30. The van der Waals surface area contributed by atoms with Gasteiger partial charge in [0.25, 0.3) is 5.69 Å². The fourth-order valence-corrected chi connectivity index (χ4v) is 4.60. The second-order valence-corrected chi connectivity index (χ2v) is 8.51. The van der Waals surface area contributed by atoms with Gasteiger partial charge in [0, 0.05) is 6.07 Å². The first-order valence-electron chi connectivity index (χ1n) is 9.74. The second-order valence-electron chi connectivity index (χ2n) is 7.10. The standard InChI is InChI=1S/C21H14ClN5O6S/c1-10-16-19-24-18(25-26(19)9-23-20(16)34-17(10)21(28)31-2)14-6-4-12(33-14)8-32-15-7-11(27(29)30)3-5-13(15)22/h3-7,9H,8H2,1-2H3. The number of hydrogen-bond acceptors (Lipinski definition) is 10. The Morgan fingerprint density at radius 2 is 2.15 bits per heavy atom. The predicted molar refractivity (Wildman–Crippen MR) is 122 cm³/mol. The SMILES string of the molecule is COC(=O)c1sc2ncn3nc(-c4ccc(COc5cc([N+](=O)[O-])ccc5Cl)o4)nc3c2c1C. The Hall–Kier alpha value is -4.03. The van der Waals surface area contributed by atoms with Crippen LogP contribution < -0.4 is 4.74 Å². The highest BCUT2D eigenvalue weighted by Gasteiger charge is 2.21. The number of esters is 1. The Labute approximate surface area is 199 Å². The van der Waals surface area contributed by atoms with Crippen LogP contribution in [-0.4, -0.2) is 37.6 Å². The molecule has 4 aromatic heterocycles. The van der Waals surface area contributed by atoms with E-state index in [1.807, 2.05) is 6.92 Å². The van der Waals surface area contributed by atoms with Gasteiger partial charge in [-0.2, -0.15) is 0 Å². The molecule has 0 saturated heterocycles. The number of thiophene rings is 1. The Kier molecular flexibility index (Phi) is 5.38. The summed E-state index contributed by atoms with van der Waals surface area (Å²) in [6.07, 6.45) is 1.52. The maximum atomic E-state index is 12.1. The summed E-state index contributed by atoms with van der Waals surface area (Å²) in [5, 5.41) is 16.4. The van der Waals surface area contributed by atoms with E-state index >= 15 is 0 Å². The number of hydrogen-bond donors (Lipinski definition) is 0. The maximum absolute atomic E-state index is 12.1. The number of fused-ring (bicyclic) bond motifs is 3. The first-order chi connectivity index (χ1) is 16.4. The van der Waals surface area contributed by atoms with Gasteiger partial charge in [0.15, 0.2) is 11.4 Å². The van der Waals surface area contributed by atoms with Crippen LogP contribution in [0.1, 0.15) is 21.0 Å². The van der Waals surface area contributed by atoms with Crippen molar-refractivity contribution >= 4 is 50.5 Å². The molecule has 0 atom stereocenters. The van der Waals surface area contributed by atoms with Gasteiger partial charge in [-0.3, -0.25) is 10.1 Å². The number of nitrogens with zero attached hydrogens (tertiary/aromatic N) is 5. The van der Waals surface area contributed by atoms with Crippen molar-refractivity contribution in [2.75, 3.05) is 7.11 Å². The molecule has 5 aromatic rings. The number of ether oxygens (including phenoxy) is 2. The van der Waals surface area contributed by atoms with E-state index < -0.39 is 10.9 Å². The number of nitro benzene ring substituents is 1. The average Bonchev–Trinajstić information content (AvgIpc) is 3.54. The van der Waals surface area contributed by atoms with Crippen molar-refractivity contribution in [3.63, 3.8) is 0 Å². The van der Waals surface area contributed by atoms with E-state index in [1.165, 1.54) is 47.5 Å². The molecule has 0 radical (unpaired) electrons. The zero-order valence-electron chi connectivity index (χ0n) is 17.6. The molecule has 0 fully saturated rings. The number of aromatic nitrogens is 4. The predicted octanol–water partition coefficient (Wildman–Crippen LogP) is 4.83. The van der Waals surface area contributed by atoms with Crippen molar-refractivity contribution in [3.8, 4) is 17.3 Å². The lowest BCUT2D eigenvalue weighted by atomic mass is 10.2. The van der Waals surface area contributed by atoms with Crippen LogP contribution >= 0.6 is 22.9 Å². The monoisotopic (exact) mass is 499 g/mol. The zero-order chi connectivity index (χ0) is 24.0. The van der Waals surface area contributed by atoms with Gasteiger partial charge < -0.3 is 13.9 Å². The topological polar surface area (TPSA) is 135 Å². The summed E-state index contributed by atoms with van der Waals surface area (Å²) < 4.78 is 17.8. The summed E-state index contributed by atoms with van der Waals surface area (Å²) in [6, 6.07) is 7.32. The molecule has 4 heterocycles. The minimum absolute atomic E-state index is 0.00775. The van der Waals surface area contributed by atoms with Crippen LogP contribution in [-0.2, 0) is 11.3 Å². The molecule has 0 amide bonds. The van der Waals surface area contributed by atoms with Crippen LogP contribution in [0.4, 0.5) is 5.69 Å². The van der Waals surface area contributed by atoms with E-state index in [0.717, 1.165) is 0 Å². The number of nitro groups is 1. The number of halogens is 1. The molecule has 0 aliphatic rings. The molecule has 0 aliphatic carbocycles. The molecule has 34 heavy (non-hydrogen) atoms. The second kappa shape index (κ2) is 8.39. The molecule has 11 nitrogen and oxygen atoms in total. The van der Waals surface area contributed by atoms with Gasteiger partial charge in [0.2, 0.25) is 5.82 Å². The third-order valence-electron chi connectivity index (χ3n) is 5.02.